The molecule has 0 saturated heterocycles. The first-order chi connectivity index (χ1) is 15.2. The molecule has 4 rings (SSSR count). The molecule has 0 spiro atoms. The summed E-state index contributed by atoms with van der Waals surface area (Å²) in [6.45, 7) is 5.31. The van der Waals surface area contributed by atoms with Gasteiger partial charge in [0.25, 0.3) is 0 Å². The molecule has 4 fully saturated rings. The molecule has 0 aromatic heterocycles. The average molecular weight is 430 g/mol. The summed E-state index contributed by atoms with van der Waals surface area (Å²) >= 11 is 0. The lowest BCUT2D eigenvalue weighted by atomic mass is 9.50. The Hall–Kier alpha value is -0.630. The van der Waals surface area contributed by atoms with Crippen molar-refractivity contribution in [3.05, 3.63) is 0 Å². The summed E-state index contributed by atoms with van der Waals surface area (Å²) in [5.41, 5.74) is 6.16. The topological polar surface area (TPSA) is 71.1 Å². The minimum absolute atomic E-state index is 0.421. The van der Waals surface area contributed by atoms with Gasteiger partial charge < -0.3 is 15.8 Å². The predicted octanol–water partition coefficient (Wildman–Crippen LogP) is 5.42. The smallest absolute Gasteiger partial charge is 0.0645 e. The first kappa shape index (κ1) is 23.5. The maximum absolute atomic E-state index is 8.78. The Kier molecular flexibility index (Phi) is 8.34. The number of ether oxygens (including phenoxy) is 1. The van der Waals surface area contributed by atoms with Crippen molar-refractivity contribution in [1.82, 2.24) is 5.32 Å². The molecule has 4 nitrogen and oxygen atoms in total. The molecule has 4 saturated carbocycles. The first-order valence-electron chi connectivity index (χ1n) is 13.6. The predicted molar refractivity (Wildman–Crippen MR) is 126 cm³/mol. The van der Waals surface area contributed by atoms with Crippen LogP contribution in [0.15, 0.2) is 0 Å². The lowest BCUT2D eigenvalue weighted by molar-refractivity contribution is -0.0838. The summed E-state index contributed by atoms with van der Waals surface area (Å²) < 4.78 is 6.04. The number of rotatable bonds is 10. The highest BCUT2D eigenvalue weighted by Crippen LogP contribution is 2.62. The number of unbranched alkanes of at least 4 members (excludes halogenated alkanes) is 3. The second-order valence-electron chi connectivity index (χ2n) is 11.5. The van der Waals surface area contributed by atoms with Gasteiger partial charge in [0.15, 0.2) is 0 Å². The monoisotopic (exact) mass is 429 g/mol. The number of nitrogens with one attached hydrogen (secondary N) is 1. The molecular formula is C27H47N3O. The molecule has 0 heterocycles. The van der Waals surface area contributed by atoms with E-state index in [2.05, 4.69) is 18.3 Å². The summed E-state index contributed by atoms with van der Waals surface area (Å²) in [6.07, 6.45) is 18.6. The van der Waals surface area contributed by atoms with Crippen molar-refractivity contribution in [3.8, 4) is 6.07 Å². The van der Waals surface area contributed by atoms with Crippen LogP contribution >= 0.6 is 0 Å². The summed E-state index contributed by atoms with van der Waals surface area (Å²) in [6, 6.07) is 2.96. The molecule has 4 aliphatic rings. The number of hydrogen-bond donors (Lipinski definition) is 2. The minimum atomic E-state index is 0.421. The normalized spacial score (nSPS) is 41.8. The van der Waals surface area contributed by atoms with Crippen molar-refractivity contribution in [2.45, 2.75) is 109 Å². The van der Waals surface area contributed by atoms with Gasteiger partial charge in [0.1, 0.15) is 0 Å². The van der Waals surface area contributed by atoms with Crippen LogP contribution in [0.3, 0.4) is 0 Å². The molecule has 5 unspecified atom stereocenters. The molecule has 0 aliphatic heterocycles. The van der Waals surface area contributed by atoms with E-state index in [0.29, 0.717) is 24.5 Å². The molecule has 8 atom stereocenters. The van der Waals surface area contributed by atoms with Gasteiger partial charge in [0.05, 0.1) is 25.2 Å². The van der Waals surface area contributed by atoms with E-state index >= 15 is 0 Å². The molecule has 3 N–H and O–H groups in total. The quantitative estimate of drug-likeness (QED) is 0.455. The van der Waals surface area contributed by atoms with Crippen LogP contribution in [-0.4, -0.2) is 31.8 Å². The lowest BCUT2D eigenvalue weighted by Crippen LogP contribution is -2.52. The highest BCUT2D eigenvalue weighted by molar-refractivity contribution is 5.08. The van der Waals surface area contributed by atoms with Crippen LogP contribution in [0.5, 0.6) is 0 Å². The Balaban J connectivity index is 1.28. The standard InChI is InChI=1S/C27H47N3O/c1-27-14-13-23-22-10-8-21(31-18-6-16-29)19-20(22)7-9-24(23)25(27)11-12-26(27)30-17-5-3-2-4-15-28/h20-26,30H,2-15,17-19,28H2,1H3/t20-,21+,22?,23?,24?,25?,26?,27-/m0/s1. The largest absolute Gasteiger partial charge is 0.377 e. The van der Waals surface area contributed by atoms with Gasteiger partial charge in [-0.1, -0.05) is 19.8 Å². The lowest BCUT2D eigenvalue weighted by Gasteiger charge is -2.56. The fraction of sp³-hybridized carbons (Fsp3) is 0.963. The van der Waals surface area contributed by atoms with Crippen molar-refractivity contribution < 1.29 is 4.74 Å². The van der Waals surface area contributed by atoms with E-state index in [9.17, 15) is 0 Å². The SMILES string of the molecule is C[C@]12CCC3C(CC[C@H]4C[C@H](OCCC#N)CCC34)C1CCC2NCCCCCCN. The van der Waals surface area contributed by atoms with Crippen molar-refractivity contribution >= 4 is 0 Å². The molecule has 0 aromatic rings. The van der Waals surface area contributed by atoms with Crippen LogP contribution in [0.2, 0.25) is 0 Å². The van der Waals surface area contributed by atoms with Crippen LogP contribution in [0, 0.1) is 46.3 Å². The molecule has 31 heavy (non-hydrogen) atoms. The zero-order valence-electron chi connectivity index (χ0n) is 20.0. The van der Waals surface area contributed by atoms with Crippen LogP contribution in [0.1, 0.15) is 96.8 Å². The summed E-state index contributed by atoms with van der Waals surface area (Å²) in [4.78, 5) is 0. The van der Waals surface area contributed by atoms with Gasteiger partial charge in [0.2, 0.25) is 0 Å². The third-order valence-corrected chi connectivity index (χ3v) is 10.00. The van der Waals surface area contributed by atoms with Gasteiger partial charge in [-0.25, -0.2) is 0 Å². The number of nitrogens with zero attached hydrogens (tertiary/aromatic N) is 1. The Morgan fingerprint density at radius 3 is 2.65 bits per heavy atom. The molecule has 0 radical (unpaired) electrons. The molecule has 0 aromatic carbocycles. The second-order valence-corrected chi connectivity index (χ2v) is 11.5. The van der Waals surface area contributed by atoms with E-state index in [1.165, 1.54) is 90.0 Å². The Bertz CT molecular complexity index is 604. The molecule has 0 amide bonds. The van der Waals surface area contributed by atoms with E-state index in [4.69, 9.17) is 15.7 Å². The van der Waals surface area contributed by atoms with Crippen molar-refractivity contribution in [3.63, 3.8) is 0 Å². The van der Waals surface area contributed by atoms with Gasteiger partial charge in [-0.05, 0) is 119 Å². The van der Waals surface area contributed by atoms with Crippen molar-refractivity contribution in [1.29, 1.82) is 5.26 Å². The zero-order valence-corrected chi connectivity index (χ0v) is 20.0. The van der Waals surface area contributed by atoms with Crippen LogP contribution < -0.4 is 11.1 Å². The van der Waals surface area contributed by atoms with Crippen molar-refractivity contribution in [2.75, 3.05) is 19.7 Å². The molecule has 4 heteroatoms. The first-order valence-corrected chi connectivity index (χ1v) is 13.6. The fourth-order valence-corrected chi connectivity index (χ4v) is 8.47. The van der Waals surface area contributed by atoms with E-state index in [0.717, 1.165) is 42.2 Å². The highest BCUT2D eigenvalue weighted by atomic mass is 16.5. The molecule has 0 bridgehead atoms. The number of nitriles is 1. The second kappa shape index (κ2) is 11.0. The van der Waals surface area contributed by atoms with Crippen LogP contribution in [0.4, 0.5) is 0 Å². The van der Waals surface area contributed by atoms with E-state index in [-0.39, 0.29) is 0 Å². The van der Waals surface area contributed by atoms with E-state index in [1.807, 2.05) is 0 Å². The highest BCUT2D eigenvalue weighted by Gasteiger charge is 2.56. The Morgan fingerprint density at radius 2 is 1.81 bits per heavy atom. The summed E-state index contributed by atoms with van der Waals surface area (Å²) in [7, 11) is 0. The number of nitrogens with two attached hydrogens (primary N) is 1. The van der Waals surface area contributed by atoms with Gasteiger partial charge in [-0.3, -0.25) is 0 Å². The van der Waals surface area contributed by atoms with Gasteiger partial charge in [-0.15, -0.1) is 0 Å². The van der Waals surface area contributed by atoms with Gasteiger partial charge >= 0.3 is 0 Å². The Labute approximate surface area is 191 Å². The van der Waals surface area contributed by atoms with Crippen molar-refractivity contribution in [2.24, 2.45) is 40.7 Å². The van der Waals surface area contributed by atoms with Crippen LogP contribution in [0.25, 0.3) is 0 Å². The fourth-order valence-electron chi connectivity index (χ4n) is 8.47. The van der Waals surface area contributed by atoms with Gasteiger partial charge in [0, 0.05) is 6.04 Å². The summed E-state index contributed by atoms with van der Waals surface area (Å²) in [5.74, 6) is 4.75. The number of hydrogen-bond acceptors (Lipinski definition) is 4. The summed E-state index contributed by atoms with van der Waals surface area (Å²) in [5, 5.41) is 12.8. The van der Waals surface area contributed by atoms with E-state index in [1.54, 1.807) is 0 Å². The van der Waals surface area contributed by atoms with Gasteiger partial charge in [-0.2, -0.15) is 5.26 Å². The van der Waals surface area contributed by atoms with E-state index < -0.39 is 0 Å². The van der Waals surface area contributed by atoms with Crippen LogP contribution in [-0.2, 0) is 4.74 Å². The molecule has 176 valence electrons. The third-order valence-electron chi connectivity index (χ3n) is 10.00. The maximum atomic E-state index is 8.78. The maximum Gasteiger partial charge on any atom is 0.0645 e. The average Bonchev–Trinajstić information content (AvgIpc) is 3.12. The number of fused-ring (bicyclic) bond motifs is 5. The third kappa shape index (κ3) is 5.15. The zero-order chi connectivity index (χ0) is 21.7. The molecular weight excluding hydrogens is 382 g/mol. The Morgan fingerprint density at radius 1 is 0.968 bits per heavy atom. The molecule has 4 aliphatic carbocycles. The minimum Gasteiger partial charge on any atom is -0.377 e.